The van der Waals surface area contributed by atoms with Crippen LogP contribution >= 0.6 is 22.9 Å². The van der Waals surface area contributed by atoms with E-state index in [1.165, 1.54) is 11.3 Å². The van der Waals surface area contributed by atoms with Crippen molar-refractivity contribution in [2.24, 2.45) is 0 Å². The Hall–Kier alpha value is -2.30. The number of nitrogens with zero attached hydrogens (tertiary/aromatic N) is 1. The van der Waals surface area contributed by atoms with E-state index in [9.17, 15) is 9.35 Å². The Morgan fingerprint density at radius 3 is 2.66 bits per heavy atom. The lowest BCUT2D eigenvalue weighted by atomic mass is 9.94. The van der Waals surface area contributed by atoms with Gasteiger partial charge in [0, 0.05) is 22.6 Å². The van der Waals surface area contributed by atoms with Crippen LogP contribution in [-0.4, -0.2) is 27.0 Å². The van der Waals surface area contributed by atoms with Crippen molar-refractivity contribution in [3.63, 3.8) is 0 Å². The second kappa shape index (κ2) is 9.29. The molecule has 0 spiro atoms. The van der Waals surface area contributed by atoms with Crippen molar-refractivity contribution >= 4 is 45.3 Å². The largest absolute Gasteiger partial charge is 0.598 e. The summed E-state index contributed by atoms with van der Waals surface area (Å²) < 4.78 is 26.6. The Morgan fingerprint density at radius 2 is 1.94 bits per heavy atom. The second-order valence-electron chi connectivity index (χ2n) is 9.63. The number of carbonyl (C=O) groups is 1. The van der Waals surface area contributed by atoms with Gasteiger partial charge in [-0.3, -0.25) is 4.79 Å². The van der Waals surface area contributed by atoms with Crippen molar-refractivity contribution in [1.82, 2.24) is 9.71 Å². The minimum atomic E-state index is -1.35. The van der Waals surface area contributed by atoms with Crippen molar-refractivity contribution in [2.75, 3.05) is 12.1 Å². The van der Waals surface area contributed by atoms with Crippen molar-refractivity contribution in [3.05, 3.63) is 69.7 Å². The molecule has 1 fully saturated rings. The molecule has 3 aromatic rings. The van der Waals surface area contributed by atoms with Crippen LogP contribution in [0.5, 0.6) is 11.5 Å². The summed E-state index contributed by atoms with van der Waals surface area (Å²) in [5.41, 5.74) is 1.11. The van der Waals surface area contributed by atoms with Gasteiger partial charge in [-0.25, -0.2) is 4.98 Å². The number of fused-ring (bicyclic) bond motifs is 1. The van der Waals surface area contributed by atoms with Gasteiger partial charge in [0.05, 0.1) is 10.3 Å². The zero-order chi connectivity index (χ0) is 24.8. The first-order chi connectivity index (χ1) is 16.7. The highest BCUT2D eigenvalue weighted by molar-refractivity contribution is 7.90. The highest BCUT2D eigenvalue weighted by atomic mass is 35.5. The van der Waals surface area contributed by atoms with Crippen LogP contribution in [0.1, 0.15) is 55.7 Å². The van der Waals surface area contributed by atoms with Crippen LogP contribution in [0.15, 0.2) is 48.7 Å². The molecule has 1 aliphatic carbocycles. The first-order valence-corrected chi connectivity index (χ1v) is 13.6. The van der Waals surface area contributed by atoms with Gasteiger partial charge >= 0.3 is 0 Å². The molecule has 7 nitrogen and oxygen atoms in total. The molecule has 2 heterocycles. The van der Waals surface area contributed by atoms with Gasteiger partial charge in [-0.2, -0.15) is 0 Å². The van der Waals surface area contributed by atoms with E-state index >= 15 is 0 Å². The third-order valence-electron chi connectivity index (χ3n) is 6.14. The molecule has 2 N–H and O–H groups in total. The Morgan fingerprint density at radius 1 is 1.20 bits per heavy atom. The van der Waals surface area contributed by atoms with Crippen LogP contribution in [0, 0.1) is 0 Å². The summed E-state index contributed by atoms with van der Waals surface area (Å²) in [6, 6.07) is 12.7. The number of hydrogen-bond donors (Lipinski definition) is 2. The minimum Gasteiger partial charge on any atom is -0.598 e. The van der Waals surface area contributed by atoms with Gasteiger partial charge in [0.15, 0.2) is 16.6 Å². The van der Waals surface area contributed by atoms with Gasteiger partial charge in [0.1, 0.15) is 10.8 Å². The van der Waals surface area contributed by atoms with E-state index in [1.54, 1.807) is 12.3 Å². The predicted octanol–water partition coefficient (Wildman–Crippen LogP) is 5.34. The molecule has 0 bridgehead atoms. The number of hydrogen-bond acceptors (Lipinski definition) is 7. The maximum absolute atomic E-state index is 13.3. The highest BCUT2D eigenvalue weighted by Crippen LogP contribution is 2.51. The van der Waals surface area contributed by atoms with Crippen LogP contribution < -0.4 is 19.5 Å². The summed E-state index contributed by atoms with van der Waals surface area (Å²) >= 11 is 6.49. The number of rotatable bonds is 7. The zero-order valence-corrected chi connectivity index (χ0v) is 22.0. The fraction of sp³-hybridized carbons (Fsp3) is 0.360. The number of benzene rings is 2. The van der Waals surface area contributed by atoms with Crippen LogP contribution in [0.2, 0.25) is 5.02 Å². The SMILES string of the molecule is CC(C)(C)[S@@+]([O-])N[C@H](c1cnc(NC(=O)C2(c3ccc4c(c3)OCO4)CC2)s1)c1ccccc1Cl. The third kappa shape index (κ3) is 4.88. The molecule has 184 valence electrons. The number of halogens is 1. The lowest BCUT2D eigenvalue weighted by Crippen LogP contribution is -2.41. The van der Waals surface area contributed by atoms with Crippen molar-refractivity contribution in [2.45, 2.75) is 49.8 Å². The Labute approximate surface area is 216 Å². The molecular weight excluding hydrogens is 506 g/mol. The topological polar surface area (TPSA) is 95.5 Å². The number of carbonyl (C=O) groups excluding carboxylic acids is 1. The van der Waals surface area contributed by atoms with Gasteiger partial charge in [0.25, 0.3) is 0 Å². The summed E-state index contributed by atoms with van der Waals surface area (Å²) in [4.78, 5) is 18.6. The average Bonchev–Trinajstić information content (AvgIpc) is 3.28. The normalized spacial score (nSPS) is 17.6. The molecule has 0 unspecified atom stereocenters. The average molecular weight is 532 g/mol. The fourth-order valence-corrected chi connectivity index (χ4v) is 5.95. The summed E-state index contributed by atoms with van der Waals surface area (Å²) in [5.74, 6) is 1.26. The number of amides is 1. The molecule has 0 saturated heterocycles. The van der Waals surface area contributed by atoms with Gasteiger partial charge in [0.2, 0.25) is 12.7 Å². The smallest absolute Gasteiger partial charge is 0.236 e. The summed E-state index contributed by atoms with van der Waals surface area (Å²) in [5, 5.41) is 4.04. The molecule has 0 radical (unpaired) electrons. The lowest BCUT2D eigenvalue weighted by Gasteiger charge is -2.28. The van der Waals surface area contributed by atoms with Gasteiger partial charge < -0.3 is 19.3 Å². The number of thiazole rings is 1. The highest BCUT2D eigenvalue weighted by Gasteiger charge is 2.52. The predicted molar refractivity (Wildman–Crippen MR) is 139 cm³/mol. The molecule has 1 aliphatic heterocycles. The van der Waals surface area contributed by atoms with Crippen LogP contribution in [0.25, 0.3) is 0 Å². The molecule has 2 atom stereocenters. The molecular formula is C25H26ClN3O4S2. The minimum absolute atomic E-state index is 0.0993. The summed E-state index contributed by atoms with van der Waals surface area (Å²) in [6.45, 7) is 5.91. The second-order valence-corrected chi connectivity index (χ2v) is 13.1. The Bertz CT molecular complexity index is 1260. The molecule has 5 rings (SSSR count). The molecule has 1 saturated carbocycles. The van der Waals surface area contributed by atoms with Crippen LogP contribution in [-0.2, 0) is 21.6 Å². The van der Waals surface area contributed by atoms with Crippen LogP contribution in [0.4, 0.5) is 5.13 Å². The number of anilines is 1. The third-order valence-corrected chi connectivity index (χ3v) is 9.02. The summed E-state index contributed by atoms with van der Waals surface area (Å²) in [7, 11) is 0. The fourth-order valence-electron chi connectivity index (χ4n) is 3.93. The number of ether oxygens (including phenoxy) is 2. The van der Waals surface area contributed by atoms with Gasteiger partial charge in [-0.15, -0.1) is 4.72 Å². The lowest BCUT2D eigenvalue weighted by molar-refractivity contribution is -0.118. The zero-order valence-electron chi connectivity index (χ0n) is 19.6. The molecule has 10 heteroatoms. The first-order valence-electron chi connectivity index (χ1n) is 11.3. The standard InChI is InChI=1S/C25H26ClN3O4S2/c1-24(2,3)35(31)29-21(16-6-4-5-7-17(16)26)20-13-27-23(34-20)28-22(30)25(10-11-25)15-8-9-18-19(12-15)33-14-32-18/h4-9,12-13,21,29H,10-11,14H2,1-3H3,(H,27,28,30)/t21-,35+/m0/s1. The molecule has 1 aromatic heterocycles. The van der Waals surface area contributed by atoms with Crippen molar-refractivity contribution in [3.8, 4) is 11.5 Å². The van der Waals surface area contributed by atoms with Crippen molar-refractivity contribution < 1.29 is 18.8 Å². The van der Waals surface area contributed by atoms with Crippen LogP contribution in [0.3, 0.4) is 0 Å². The summed E-state index contributed by atoms with van der Waals surface area (Å²) in [6.07, 6.45) is 3.21. The molecule has 1 amide bonds. The van der Waals surface area contributed by atoms with Gasteiger partial charge in [-0.1, -0.05) is 47.2 Å². The first kappa shape index (κ1) is 24.4. The Kier molecular flexibility index (Phi) is 6.48. The quantitative estimate of drug-likeness (QED) is 0.400. The Balaban J connectivity index is 1.37. The molecule has 35 heavy (non-hydrogen) atoms. The molecule has 2 aliphatic rings. The maximum atomic E-state index is 13.3. The van der Waals surface area contributed by atoms with E-state index in [2.05, 4.69) is 15.0 Å². The van der Waals surface area contributed by atoms with E-state index in [-0.39, 0.29) is 12.7 Å². The number of aromatic nitrogens is 1. The molecule has 2 aromatic carbocycles. The van der Waals surface area contributed by atoms with E-state index < -0.39 is 27.6 Å². The maximum Gasteiger partial charge on any atom is 0.236 e. The van der Waals surface area contributed by atoms with E-state index in [0.29, 0.717) is 21.7 Å². The van der Waals surface area contributed by atoms with Crippen molar-refractivity contribution in [1.29, 1.82) is 0 Å². The van der Waals surface area contributed by atoms with Gasteiger partial charge in [-0.05, 0) is 62.9 Å². The van der Waals surface area contributed by atoms with E-state index in [4.69, 9.17) is 21.1 Å². The van der Waals surface area contributed by atoms with E-state index in [1.807, 2.05) is 57.2 Å². The van der Waals surface area contributed by atoms with E-state index in [0.717, 1.165) is 28.8 Å². The number of nitrogens with one attached hydrogen (secondary N) is 2. The monoisotopic (exact) mass is 531 g/mol.